The largest absolute Gasteiger partial charge is 0.485 e. The lowest BCUT2D eigenvalue weighted by molar-refractivity contribution is 0.0921. The molecule has 0 radical (unpaired) electrons. The molecule has 3 aromatic carbocycles. The van der Waals surface area contributed by atoms with Crippen LogP contribution in [0, 0.1) is 0 Å². The van der Waals surface area contributed by atoms with Crippen LogP contribution in [0.2, 0.25) is 0 Å². The van der Waals surface area contributed by atoms with Gasteiger partial charge in [0.2, 0.25) is 5.78 Å². The highest BCUT2D eigenvalue weighted by molar-refractivity contribution is 6.14. The third-order valence-electron chi connectivity index (χ3n) is 4.20. The normalized spacial score (nSPS) is 13.9. The van der Waals surface area contributed by atoms with Gasteiger partial charge in [0.1, 0.15) is 11.5 Å². The van der Waals surface area contributed by atoms with Crippen molar-refractivity contribution >= 4 is 17.6 Å². The Bertz CT molecular complexity index is 1020. The maximum atomic E-state index is 12.5. The number of rotatable bonds is 5. The fourth-order valence-corrected chi connectivity index (χ4v) is 2.81. The first-order valence-corrected chi connectivity index (χ1v) is 8.55. The smallest absolute Gasteiger partial charge is 0.231 e. The summed E-state index contributed by atoms with van der Waals surface area (Å²) in [6.45, 7) is -0.0799. The number of carbonyl (C=O) groups excluding carboxylic acids is 2. The zero-order valence-corrected chi connectivity index (χ0v) is 14.4. The Kier molecular flexibility index (Phi) is 4.54. The number of hydrogen-bond donors (Lipinski definition) is 0. The Morgan fingerprint density at radius 2 is 1.63 bits per heavy atom. The first kappa shape index (κ1) is 16.8. The van der Waals surface area contributed by atoms with Gasteiger partial charge in [-0.3, -0.25) is 9.59 Å². The van der Waals surface area contributed by atoms with E-state index in [0.717, 1.165) is 5.56 Å². The second-order valence-electron chi connectivity index (χ2n) is 6.09. The first-order valence-electron chi connectivity index (χ1n) is 8.55. The molecule has 0 amide bonds. The van der Waals surface area contributed by atoms with Gasteiger partial charge in [-0.15, -0.1) is 0 Å². The van der Waals surface area contributed by atoms with E-state index in [1.54, 1.807) is 36.4 Å². The molecule has 0 N–H and O–H groups in total. The number of allylic oxidation sites excluding steroid dienone is 1. The fourth-order valence-electron chi connectivity index (χ4n) is 2.81. The molecule has 0 saturated carbocycles. The third kappa shape index (κ3) is 3.65. The van der Waals surface area contributed by atoms with Crippen molar-refractivity contribution < 1.29 is 19.1 Å². The quantitative estimate of drug-likeness (QED) is 0.497. The zero-order chi connectivity index (χ0) is 18.6. The Labute approximate surface area is 156 Å². The molecule has 1 aliphatic heterocycles. The van der Waals surface area contributed by atoms with Gasteiger partial charge in [0, 0.05) is 11.6 Å². The van der Waals surface area contributed by atoms with Crippen LogP contribution in [0.1, 0.15) is 26.3 Å². The Morgan fingerprint density at radius 3 is 2.37 bits per heavy atom. The van der Waals surface area contributed by atoms with Crippen LogP contribution in [0.5, 0.6) is 11.5 Å². The SMILES string of the molecule is O=C(COc1ccc2c(c1)O/C(=C\c1ccccc1)C2=O)c1ccccc1. The molecule has 0 fully saturated rings. The molecule has 0 bridgehead atoms. The summed E-state index contributed by atoms with van der Waals surface area (Å²) in [5, 5.41) is 0. The number of hydrogen-bond acceptors (Lipinski definition) is 4. The predicted octanol–water partition coefficient (Wildman–Crippen LogP) is 4.56. The maximum absolute atomic E-state index is 12.5. The second kappa shape index (κ2) is 7.30. The summed E-state index contributed by atoms with van der Waals surface area (Å²) in [7, 11) is 0. The molecule has 0 atom stereocenters. The molecule has 4 rings (SSSR count). The summed E-state index contributed by atoms with van der Waals surface area (Å²) in [5.41, 5.74) is 1.97. The van der Waals surface area contributed by atoms with Gasteiger partial charge in [0.15, 0.2) is 18.1 Å². The van der Waals surface area contributed by atoms with E-state index < -0.39 is 0 Å². The minimum absolute atomic E-state index is 0.0799. The van der Waals surface area contributed by atoms with Crippen molar-refractivity contribution in [1.29, 1.82) is 0 Å². The molecule has 4 heteroatoms. The van der Waals surface area contributed by atoms with Crippen LogP contribution in [-0.2, 0) is 0 Å². The fraction of sp³-hybridized carbons (Fsp3) is 0.0435. The molecule has 0 unspecified atom stereocenters. The van der Waals surface area contributed by atoms with Crippen LogP contribution in [-0.4, -0.2) is 18.2 Å². The average Bonchev–Trinajstić information content (AvgIpc) is 3.02. The van der Waals surface area contributed by atoms with Gasteiger partial charge in [-0.2, -0.15) is 0 Å². The van der Waals surface area contributed by atoms with Gasteiger partial charge in [0.05, 0.1) is 5.56 Å². The highest BCUT2D eigenvalue weighted by atomic mass is 16.5. The highest BCUT2D eigenvalue weighted by Crippen LogP contribution is 2.34. The molecule has 1 heterocycles. The summed E-state index contributed by atoms with van der Waals surface area (Å²) in [4.78, 5) is 24.6. The van der Waals surface area contributed by atoms with E-state index in [2.05, 4.69) is 0 Å². The first-order chi connectivity index (χ1) is 13.2. The van der Waals surface area contributed by atoms with Crippen molar-refractivity contribution in [2.75, 3.05) is 6.61 Å². The summed E-state index contributed by atoms with van der Waals surface area (Å²) in [5.74, 6) is 0.908. The van der Waals surface area contributed by atoms with E-state index in [-0.39, 0.29) is 23.9 Å². The Hall–Kier alpha value is -3.66. The van der Waals surface area contributed by atoms with Crippen LogP contribution in [0.4, 0.5) is 0 Å². The summed E-state index contributed by atoms with van der Waals surface area (Å²) < 4.78 is 11.3. The van der Waals surface area contributed by atoms with Crippen LogP contribution in [0.25, 0.3) is 6.08 Å². The van der Waals surface area contributed by atoms with E-state index in [1.165, 1.54) is 0 Å². The minimum atomic E-state index is -0.166. The summed E-state index contributed by atoms with van der Waals surface area (Å²) in [6, 6.07) is 23.4. The standard InChI is InChI=1S/C23H16O4/c24-20(17-9-5-2-6-10-17)15-26-18-11-12-19-21(14-18)27-22(23(19)25)13-16-7-3-1-4-8-16/h1-14H,15H2/b22-13-. The van der Waals surface area contributed by atoms with Crippen molar-refractivity contribution in [2.24, 2.45) is 0 Å². The molecule has 4 nitrogen and oxygen atoms in total. The Morgan fingerprint density at radius 1 is 0.926 bits per heavy atom. The van der Waals surface area contributed by atoms with Crippen molar-refractivity contribution in [3.8, 4) is 11.5 Å². The van der Waals surface area contributed by atoms with Crippen molar-refractivity contribution in [3.63, 3.8) is 0 Å². The van der Waals surface area contributed by atoms with E-state index >= 15 is 0 Å². The van der Waals surface area contributed by atoms with Gasteiger partial charge in [-0.25, -0.2) is 0 Å². The summed E-state index contributed by atoms with van der Waals surface area (Å²) >= 11 is 0. The van der Waals surface area contributed by atoms with Crippen LogP contribution in [0.15, 0.2) is 84.6 Å². The van der Waals surface area contributed by atoms with Crippen LogP contribution < -0.4 is 9.47 Å². The van der Waals surface area contributed by atoms with E-state index in [9.17, 15) is 9.59 Å². The summed E-state index contributed by atoms with van der Waals surface area (Å²) in [6.07, 6.45) is 1.71. The van der Waals surface area contributed by atoms with E-state index in [0.29, 0.717) is 22.6 Å². The number of benzene rings is 3. The van der Waals surface area contributed by atoms with E-state index in [4.69, 9.17) is 9.47 Å². The molecular weight excluding hydrogens is 340 g/mol. The number of ether oxygens (including phenoxy) is 2. The minimum Gasteiger partial charge on any atom is -0.485 e. The lowest BCUT2D eigenvalue weighted by Crippen LogP contribution is -2.11. The maximum Gasteiger partial charge on any atom is 0.231 e. The number of ketones is 2. The zero-order valence-electron chi connectivity index (χ0n) is 14.4. The molecule has 0 aliphatic carbocycles. The molecular formula is C23H16O4. The third-order valence-corrected chi connectivity index (χ3v) is 4.20. The molecule has 0 aromatic heterocycles. The Balaban J connectivity index is 1.48. The predicted molar refractivity (Wildman–Crippen MR) is 102 cm³/mol. The molecule has 0 saturated heterocycles. The van der Waals surface area contributed by atoms with Gasteiger partial charge < -0.3 is 9.47 Å². The molecule has 3 aromatic rings. The van der Waals surface area contributed by atoms with Crippen LogP contribution >= 0.6 is 0 Å². The molecule has 27 heavy (non-hydrogen) atoms. The number of fused-ring (bicyclic) bond motifs is 1. The van der Waals surface area contributed by atoms with Crippen molar-refractivity contribution in [1.82, 2.24) is 0 Å². The molecule has 1 aliphatic rings. The number of carbonyl (C=O) groups is 2. The van der Waals surface area contributed by atoms with Crippen LogP contribution in [0.3, 0.4) is 0 Å². The lowest BCUT2D eigenvalue weighted by Gasteiger charge is -2.06. The lowest BCUT2D eigenvalue weighted by atomic mass is 10.1. The van der Waals surface area contributed by atoms with Gasteiger partial charge in [-0.1, -0.05) is 60.7 Å². The number of Topliss-reactive ketones (excluding diaryl/α,β-unsaturated/α-hetero) is 2. The van der Waals surface area contributed by atoms with E-state index in [1.807, 2.05) is 48.5 Å². The van der Waals surface area contributed by atoms with Gasteiger partial charge >= 0.3 is 0 Å². The van der Waals surface area contributed by atoms with Crippen molar-refractivity contribution in [2.45, 2.75) is 0 Å². The average molecular weight is 356 g/mol. The van der Waals surface area contributed by atoms with Gasteiger partial charge in [-0.05, 0) is 23.8 Å². The van der Waals surface area contributed by atoms with Gasteiger partial charge in [0.25, 0.3) is 0 Å². The monoisotopic (exact) mass is 356 g/mol. The molecule has 132 valence electrons. The highest BCUT2D eigenvalue weighted by Gasteiger charge is 2.27. The topological polar surface area (TPSA) is 52.6 Å². The van der Waals surface area contributed by atoms with Crippen molar-refractivity contribution in [3.05, 3.63) is 101 Å². The molecule has 0 spiro atoms. The second-order valence-corrected chi connectivity index (χ2v) is 6.09.